The number of amides is 2. The van der Waals surface area contributed by atoms with Crippen LogP contribution in [0.25, 0.3) is 10.1 Å². The summed E-state index contributed by atoms with van der Waals surface area (Å²) in [7, 11) is 0. The highest BCUT2D eigenvalue weighted by atomic mass is 32.1. The highest BCUT2D eigenvalue weighted by Gasteiger charge is 2.09. The fraction of sp³-hybridized carbons (Fsp3) is 0.385. The molecule has 0 spiro atoms. The van der Waals surface area contributed by atoms with Gasteiger partial charge < -0.3 is 5.32 Å². The van der Waals surface area contributed by atoms with Crippen molar-refractivity contribution in [3.63, 3.8) is 0 Å². The molecule has 0 aliphatic rings. The number of aryl methyl sites for hydroxylation is 1. The highest BCUT2D eigenvalue weighted by Crippen LogP contribution is 2.27. The van der Waals surface area contributed by atoms with Crippen molar-refractivity contribution in [1.82, 2.24) is 9.69 Å². The van der Waals surface area contributed by atoms with Crippen LogP contribution in [0.1, 0.15) is 25.3 Å². The van der Waals surface area contributed by atoms with Crippen LogP contribution < -0.4 is 10.6 Å². The second-order valence-corrected chi connectivity index (χ2v) is 5.07. The van der Waals surface area contributed by atoms with Crippen LogP contribution in [-0.2, 0) is 0 Å². The predicted octanol–water partition coefficient (Wildman–Crippen LogP) is 3.53. The summed E-state index contributed by atoms with van der Waals surface area (Å²) in [5, 5.41) is 6.62. The second kappa shape index (κ2) is 5.82. The van der Waals surface area contributed by atoms with Gasteiger partial charge in [-0.2, -0.15) is 4.37 Å². The van der Waals surface area contributed by atoms with E-state index < -0.39 is 0 Å². The Kier molecular flexibility index (Phi) is 4.15. The first-order valence-corrected chi connectivity index (χ1v) is 6.89. The summed E-state index contributed by atoms with van der Waals surface area (Å²) in [6.45, 7) is 4.82. The molecule has 5 heteroatoms. The number of aromatic nitrogens is 1. The van der Waals surface area contributed by atoms with Gasteiger partial charge in [0.2, 0.25) is 0 Å². The minimum atomic E-state index is -0.183. The third kappa shape index (κ3) is 2.98. The van der Waals surface area contributed by atoms with Gasteiger partial charge in [0.1, 0.15) is 0 Å². The summed E-state index contributed by atoms with van der Waals surface area (Å²) in [6, 6.07) is 5.94. The number of unbranched alkanes of at least 4 members (excludes halogenated alkanes) is 1. The van der Waals surface area contributed by atoms with Gasteiger partial charge in [-0.1, -0.05) is 25.0 Å². The zero-order valence-corrected chi connectivity index (χ0v) is 11.4. The van der Waals surface area contributed by atoms with Crippen LogP contribution in [0.2, 0.25) is 0 Å². The van der Waals surface area contributed by atoms with Gasteiger partial charge in [0, 0.05) is 11.9 Å². The van der Waals surface area contributed by atoms with Crippen molar-refractivity contribution in [2.45, 2.75) is 26.7 Å². The number of fused-ring (bicyclic) bond motifs is 1. The number of carbonyl (C=O) groups is 1. The van der Waals surface area contributed by atoms with Crippen LogP contribution in [0.4, 0.5) is 10.6 Å². The first-order valence-electron chi connectivity index (χ1n) is 6.11. The van der Waals surface area contributed by atoms with Crippen LogP contribution in [0, 0.1) is 6.92 Å². The molecule has 0 aliphatic heterocycles. The van der Waals surface area contributed by atoms with E-state index in [2.05, 4.69) is 21.9 Å². The summed E-state index contributed by atoms with van der Waals surface area (Å²) >= 11 is 1.40. The number of hydrogen-bond donors (Lipinski definition) is 2. The molecule has 0 radical (unpaired) electrons. The Bertz CT molecular complexity index is 550. The summed E-state index contributed by atoms with van der Waals surface area (Å²) in [6.07, 6.45) is 2.06. The zero-order valence-electron chi connectivity index (χ0n) is 10.6. The van der Waals surface area contributed by atoms with Crippen molar-refractivity contribution in [3.05, 3.63) is 23.8 Å². The smallest absolute Gasteiger partial charge is 0.320 e. The van der Waals surface area contributed by atoms with E-state index in [1.807, 2.05) is 25.1 Å². The average Bonchev–Trinajstić information content (AvgIpc) is 2.72. The molecule has 18 heavy (non-hydrogen) atoms. The summed E-state index contributed by atoms with van der Waals surface area (Å²) in [5.41, 5.74) is 1.16. The Morgan fingerprint density at radius 3 is 3.06 bits per heavy atom. The Hall–Kier alpha value is -1.62. The number of nitrogens with zero attached hydrogens (tertiary/aromatic N) is 1. The normalized spacial score (nSPS) is 10.6. The maximum Gasteiger partial charge on any atom is 0.320 e. The fourth-order valence-corrected chi connectivity index (χ4v) is 2.39. The monoisotopic (exact) mass is 263 g/mol. The van der Waals surface area contributed by atoms with Gasteiger partial charge in [0.25, 0.3) is 0 Å². The molecule has 0 saturated carbocycles. The maximum absolute atomic E-state index is 11.7. The summed E-state index contributed by atoms with van der Waals surface area (Å²) in [5.74, 6) is 0.646. The summed E-state index contributed by atoms with van der Waals surface area (Å²) in [4.78, 5) is 11.7. The lowest BCUT2D eigenvalue weighted by atomic mass is 10.2. The topological polar surface area (TPSA) is 54.0 Å². The number of carbonyl (C=O) groups excluding carboxylic acids is 1. The molecule has 0 atom stereocenters. The van der Waals surface area contributed by atoms with E-state index in [4.69, 9.17) is 0 Å². The van der Waals surface area contributed by atoms with E-state index in [9.17, 15) is 4.79 Å². The van der Waals surface area contributed by atoms with E-state index in [0.29, 0.717) is 12.4 Å². The number of hydrogen-bond acceptors (Lipinski definition) is 3. The third-order valence-electron chi connectivity index (χ3n) is 2.67. The van der Waals surface area contributed by atoms with Gasteiger partial charge in [-0.25, -0.2) is 4.79 Å². The minimum Gasteiger partial charge on any atom is -0.338 e. The second-order valence-electron chi connectivity index (χ2n) is 4.27. The van der Waals surface area contributed by atoms with E-state index in [1.165, 1.54) is 11.5 Å². The van der Waals surface area contributed by atoms with E-state index in [-0.39, 0.29) is 6.03 Å². The van der Waals surface area contributed by atoms with Crippen molar-refractivity contribution in [3.8, 4) is 0 Å². The molecule has 1 aromatic carbocycles. The molecule has 4 nitrogen and oxygen atoms in total. The molecule has 0 unspecified atom stereocenters. The molecule has 0 bridgehead atoms. The number of benzene rings is 1. The van der Waals surface area contributed by atoms with Gasteiger partial charge in [0.05, 0.1) is 4.70 Å². The number of rotatable bonds is 4. The van der Waals surface area contributed by atoms with Crippen molar-refractivity contribution >= 4 is 33.5 Å². The van der Waals surface area contributed by atoms with Gasteiger partial charge in [-0.3, -0.25) is 5.32 Å². The standard InChI is InChI=1S/C13H17N3OS/c1-3-4-7-14-13(17)15-12-10-8-9(2)5-6-11(10)18-16-12/h5-6,8H,3-4,7H2,1-2H3,(H2,14,15,16,17). The SMILES string of the molecule is CCCCNC(=O)Nc1nsc2ccc(C)cc12. The molecule has 0 saturated heterocycles. The number of urea groups is 1. The van der Waals surface area contributed by atoms with Crippen molar-refractivity contribution in [2.75, 3.05) is 11.9 Å². The summed E-state index contributed by atoms with van der Waals surface area (Å²) < 4.78 is 5.36. The highest BCUT2D eigenvalue weighted by molar-refractivity contribution is 7.13. The van der Waals surface area contributed by atoms with Crippen LogP contribution in [0.3, 0.4) is 0 Å². The van der Waals surface area contributed by atoms with Crippen molar-refractivity contribution < 1.29 is 4.79 Å². The lowest BCUT2D eigenvalue weighted by Crippen LogP contribution is -2.29. The van der Waals surface area contributed by atoms with Gasteiger partial charge in [-0.15, -0.1) is 0 Å². The van der Waals surface area contributed by atoms with Gasteiger partial charge in [0.15, 0.2) is 5.82 Å². The van der Waals surface area contributed by atoms with E-state index >= 15 is 0 Å². The largest absolute Gasteiger partial charge is 0.338 e. The molecule has 1 aromatic heterocycles. The predicted molar refractivity (Wildman–Crippen MR) is 76.3 cm³/mol. The molecule has 2 N–H and O–H groups in total. The lowest BCUT2D eigenvalue weighted by Gasteiger charge is -2.05. The number of anilines is 1. The molecular weight excluding hydrogens is 246 g/mol. The van der Waals surface area contributed by atoms with E-state index in [0.717, 1.165) is 28.5 Å². The Labute approximate surface area is 111 Å². The molecule has 2 amide bonds. The molecular formula is C13H17N3OS. The molecule has 0 fully saturated rings. The Balaban J connectivity index is 2.07. The van der Waals surface area contributed by atoms with Crippen molar-refractivity contribution in [2.24, 2.45) is 0 Å². The quantitative estimate of drug-likeness (QED) is 0.829. The molecule has 1 heterocycles. The fourth-order valence-electron chi connectivity index (χ4n) is 1.67. The molecule has 2 rings (SSSR count). The van der Waals surface area contributed by atoms with E-state index in [1.54, 1.807) is 0 Å². The van der Waals surface area contributed by atoms with Crippen LogP contribution in [0.5, 0.6) is 0 Å². The minimum absolute atomic E-state index is 0.183. The first kappa shape index (κ1) is 12.8. The average molecular weight is 263 g/mol. The van der Waals surface area contributed by atoms with Crippen molar-refractivity contribution in [1.29, 1.82) is 0 Å². The third-order valence-corrected chi connectivity index (χ3v) is 3.50. The van der Waals surface area contributed by atoms with Crippen LogP contribution >= 0.6 is 11.5 Å². The Morgan fingerprint density at radius 1 is 1.44 bits per heavy atom. The zero-order chi connectivity index (χ0) is 13.0. The van der Waals surface area contributed by atoms with Gasteiger partial charge in [-0.05, 0) is 37.0 Å². The van der Waals surface area contributed by atoms with Crippen LogP contribution in [0.15, 0.2) is 18.2 Å². The molecule has 96 valence electrons. The number of nitrogens with one attached hydrogen (secondary N) is 2. The lowest BCUT2D eigenvalue weighted by molar-refractivity contribution is 0.252. The van der Waals surface area contributed by atoms with Gasteiger partial charge >= 0.3 is 6.03 Å². The van der Waals surface area contributed by atoms with Crippen LogP contribution in [-0.4, -0.2) is 16.9 Å². The maximum atomic E-state index is 11.7. The Morgan fingerprint density at radius 2 is 2.28 bits per heavy atom. The first-order chi connectivity index (χ1) is 8.70. The molecule has 2 aromatic rings. The molecule has 0 aliphatic carbocycles.